The Bertz CT molecular complexity index is 150. The highest BCUT2D eigenvalue weighted by Gasteiger charge is 2.25. The van der Waals surface area contributed by atoms with Gasteiger partial charge in [0.25, 0.3) is 6.47 Å². The Morgan fingerprint density at radius 2 is 2.58 bits per heavy atom. The standard InChI is InChI=1S/C8H16N2O2/c1-7(9)5-10-4-2-3-8(10)12-6-11/h6-8H,2-5,9H2,1H3/t7-,8+/m0/s1. The molecule has 1 saturated heterocycles. The molecule has 2 atom stereocenters. The summed E-state index contributed by atoms with van der Waals surface area (Å²) in [6.45, 7) is 4.26. The van der Waals surface area contributed by atoms with Crippen molar-refractivity contribution >= 4 is 6.47 Å². The van der Waals surface area contributed by atoms with Crippen LogP contribution < -0.4 is 5.73 Å². The van der Waals surface area contributed by atoms with Gasteiger partial charge in [0.15, 0.2) is 6.23 Å². The summed E-state index contributed by atoms with van der Waals surface area (Å²) in [6, 6.07) is 0.140. The maximum atomic E-state index is 10.1. The predicted molar refractivity (Wildman–Crippen MR) is 45.4 cm³/mol. The smallest absolute Gasteiger partial charge is 0.294 e. The van der Waals surface area contributed by atoms with Gasteiger partial charge in [-0.1, -0.05) is 0 Å². The topological polar surface area (TPSA) is 55.6 Å². The molecule has 1 fully saturated rings. The maximum Gasteiger partial charge on any atom is 0.294 e. The van der Waals surface area contributed by atoms with Crippen molar-refractivity contribution in [2.24, 2.45) is 5.73 Å². The molecular formula is C8H16N2O2. The molecule has 1 aliphatic rings. The fourth-order valence-electron chi connectivity index (χ4n) is 1.59. The first kappa shape index (κ1) is 9.48. The first-order chi connectivity index (χ1) is 5.74. The maximum absolute atomic E-state index is 10.1. The number of nitrogens with two attached hydrogens (primary N) is 1. The van der Waals surface area contributed by atoms with Crippen molar-refractivity contribution in [1.29, 1.82) is 0 Å². The normalized spacial score (nSPS) is 27.0. The summed E-state index contributed by atoms with van der Waals surface area (Å²) < 4.78 is 4.91. The molecule has 0 aromatic carbocycles. The third-order valence-corrected chi connectivity index (χ3v) is 2.04. The summed E-state index contributed by atoms with van der Waals surface area (Å²) in [6.07, 6.45) is 1.99. The van der Waals surface area contributed by atoms with E-state index in [1.54, 1.807) is 0 Å². The van der Waals surface area contributed by atoms with Crippen LogP contribution in [0.15, 0.2) is 0 Å². The summed E-state index contributed by atoms with van der Waals surface area (Å²) >= 11 is 0. The summed E-state index contributed by atoms with van der Waals surface area (Å²) in [5.74, 6) is 0. The van der Waals surface area contributed by atoms with Gasteiger partial charge in [-0.25, -0.2) is 0 Å². The minimum atomic E-state index is -0.0338. The summed E-state index contributed by atoms with van der Waals surface area (Å²) in [5.41, 5.74) is 5.65. The first-order valence-corrected chi connectivity index (χ1v) is 4.32. The zero-order valence-corrected chi connectivity index (χ0v) is 7.40. The van der Waals surface area contributed by atoms with E-state index in [9.17, 15) is 4.79 Å². The number of carbonyl (C=O) groups is 1. The number of likely N-dealkylation sites (tertiary alicyclic amines) is 1. The fraction of sp³-hybridized carbons (Fsp3) is 0.875. The molecule has 70 valence electrons. The molecule has 1 rings (SSSR count). The molecule has 1 heterocycles. The average Bonchev–Trinajstić information content (AvgIpc) is 2.37. The number of rotatable bonds is 4. The molecule has 0 aliphatic carbocycles. The number of carbonyl (C=O) groups excluding carboxylic acids is 1. The molecule has 0 aromatic rings. The number of nitrogens with zero attached hydrogens (tertiary/aromatic N) is 1. The zero-order valence-electron chi connectivity index (χ0n) is 7.40. The lowest BCUT2D eigenvalue weighted by atomic mass is 10.3. The second-order valence-electron chi connectivity index (χ2n) is 3.30. The van der Waals surface area contributed by atoms with Crippen molar-refractivity contribution in [3.8, 4) is 0 Å². The van der Waals surface area contributed by atoms with Gasteiger partial charge >= 0.3 is 0 Å². The van der Waals surface area contributed by atoms with Crippen molar-refractivity contribution < 1.29 is 9.53 Å². The monoisotopic (exact) mass is 172 g/mol. The molecule has 1 aliphatic heterocycles. The largest absolute Gasteiger partial charge is 0.449 e. The Kier molecular flexibility index (Phi) is 3.49. The van der Waals surface area contributed by atoms with Crippen molar-refractivity contribution in [3.05, 3.63) is 0 Å². The van der Waals surface area contributed by atoms with Crippen LogP contribution in [0, 0.1) is 0 Å². The van der Waals surface area contributed by atoms with Crippen molar-refractivity contribution in [2.45, 2.75) is 32.0 Å². The van der Waals surface area contributed by atoms with Gasteiger partial charge in [-0.15, -0.1) is 0 Å². The second-order valence-corrected chi connectivity index (χ2v) is 3.30. The Balaban J connectivity index is 2.35. The lowest BCUT2D eigenvalue weighted by Gasteiger charge is -2.23. The molecule has 12 heavy (non-hydrogen) atoms. The van der Waals surface area contributed by atoms with E-state index >= 15 is 0 Å². The Morgan fingerprint density at radius 3 is 3.17 bits per heavy atom. The molecule has 0 amide bonds. The predicted octanol–water partition coefficient (Wildman–Crippen LogP) is -0.0715. The van der Waals surface area contributed by atoms with Crippen LogP contribution in [-0.2, 0) is 9.53 Å². The van der Waals surface area contributed by atoms with Gasteiger partial charge in [-0.3, -0.25) is 9.69 Å². The van der Waals surface area contributed by atoms with Crippen molar-refractivity contribution in [3.63, 3.8) is 0 Å². The summed E-state index contributed by atoms with van der Waals surface area (Å²) in [5, 5.41) is 0. The van der Waals surface area contributed by atoms with Gasteiger partial charge in [0, 0.05) is 19.1 Å². The molecule has 0 unspecified atom stereocenters. The second kappa shape index (κ2) is 4.42. The minimum absolute atomic E-state index is 0.0338. The Hall–Kier alpha value is -0.610. The van der Waals surface area contributed by atoms with Gasteiger partial charge in [-0.05, 0) is 19.8 Å². The first-order valence-electron chi connectivity index (χ1n) is 4.32. The van der Waals surface area contributed by atoms with Gasteiger partial charge in [0.2, 0.25) is 0 Å². The van der Waals surface area contributed by atoms with E-state index in [1.165, 1.54) is 0 Å². The van der Waals surface area contributed by atoms with E-state index in [4.69, 9.17) is 10.5 Å². The van der Waals surface area contributed by atoms with Gasteiger partial charge < -0.3 is 10.5 Å². The Labute approximate surface area is 72.7 Å². The molecule has 0 bridgehead atoms. The van der Waals surface area contributed by atoms with E-state index in [0.717, 1.165) is 25.9 Å². The lowest BCUT2D eigenvalue weighted by molar-refractivity contribution is -0.140. The van der Waals surface area contributed by atoms with Crippen LogP contribution in [0.2, 0.25) is 0 Å². The number of hydrogen-bond donors (Lipinski definition) is 1. The highest BCUT2D eigenvalue weighted by atomic mass is 16.5. The van der Waals surface area contributed by atoms with E-state index < -0.39 is 0 Å². The lowest BCUT2D eigenvalue weighted by Crippen LogP contribution is -2.39. The number of hydrogen-bond acceptors (Lipinski definition) is 4. The molecule has 0 radical (unpaired) electrons. The molecule has 4 nitrogen and oxygen atoms in total. The highest BCUT2D eigenvalue weighted by molar-refractivity contribution is 5.37. The van der Waals surface area contributed by atoms with Crippen LogP contribution >= 0.6 is 0 Å². The molecule has 0 spiro atoms. The minimum Gasteiger partial charge on any atom is -0.449 e. The number of ether oxygens (including phenoxy) is 1. The SMILES string of the molecule is C[C@H](N)CN1CCC[C@H]1OC=O. The molecular weight excluding hydrogens is 156 g/mol. The van der Waals surface area contributed by atoms with E-state index in [2.05, 4.69) is 4.90 Å². The van der Waals surface area contributed by atoms with Crippen LogP contribution in [0.1, 0.15) is 19.8 Å². The quantitative estimate of drug-likeness (QED) is 0.603. The van der Waals surface area contributed by atoms with E-state index in [-0.39, 0.29) is 12.3 Å². The van der Waals surface area contributed by atoms with Crippen molar-refractivity contribution in [1.82, 2.24) is 4.90 Å². The van der Waals surface area contributed by atoms with Crippen LogP contribution in [0.25, 0.3) is 0 Å². The highest BCUT2D eigenvalue weighted by Crippen LogP contribution is 2.17. The van der Waals surface area contributed by atoms with Gasteiger partial charge in [0.05, 0.1) is 0 Å². The van der Waals surface area contributed by atoms with E-state index in [0.29, 0.717) is 6.47 Å². The van der Waals surface area contributed by atoms with Crippen LogP contribution in [-0.4, -0.2) is 36.7 Å². The molecule has 2 N–H and O–H groups in total. The zero-order chi connectivity index (χ0) is 8.97. The van der Waals surface area contributed by atoms with Gasteiger partial charge in [-0.2, -0.15) is 0 Å². The van der Waals surface area contributed by atoms with Crippen LogP contribution in [0.3, 0.4) is 0 Å². The summed E-state index contributed by atoms with van der Waals surface area (Å²) in [4.78, 5) is 12.2. The molecule has 0 saturated carbocycles. The molecule has 0 aromatic heterocycles. The fourth-order valence-corrected chi connectivity index (χ4v) is 1.59. The summed E-state index contributed by atoms with van der Waals surface area (Å²) in [7, 11) is 0. The average molecular weight is 172 g/mol. The molecule has 4 heteroatoms. The van der Waals surface area contributed by atoms with Crippen LogP contribution in [0.5, 0.6) is 0 Å². The third kappa shape index (κ3) is 2.46. The van der Waals surface area contributed by atoms with Crippen molar-refractivity contribution in [2.75, 3.05) is 13.1 Å². The van der Waals surface area contributed by atoms with Gasteiger partial charge in [0.1, 0.15) is 0 Å². The Morgan fingerprint density at radius 1 is 1.83 bits per heavy atom. The van der Waals surface area contributed by atoms with Crippen LogP contribution in [0.4, 0.5) is 0 Å². The van der Waals surface area contributed by atoms with E-state index in [1.807, 2.05) is 6.92 Å². The third-order valence-electron chi connectivity index (χ3n) is 2.04.